The lowest BCUT2D eigenvalue weighted by molar-refractivity contribution is 0.257. The summed E-state index contributed by atoms with van der Waals surface area (Å²) < 4.78 is 2.06. The van der Waals surface area contributed by atoms with E-state index in [1.54, 1.807) is 0 Å². The van der Waals surface area contributed by atoms with Gasteiger partial charge < -0.3 is 9.67 Å². The van der Waals surface area contributed by atoms with Crippen molar-refractivity contribution in [3.05, 3.63) is 63.6 Å². The minimum atomic E-state index is -0.291. The van der Waals surface area contributed by atoms with Crippen molar-refractivity contribution in [2.45, 2.75) is 46.8 Å². The highest BCUT2D eigenvalue weighted by Gasteiger charge is 2.16. The number of rotatable bonds is 7. The van der Waals surface area contributed by atoms with Gasteiger partial charge in [-0.05, 0) is 25.5 Å². The molecule has 124 valence electrons. The average Bonchev–Trinajstić information content (AvgIpc) is 2.55. The fourth-order valence-corrected chi connectivity index (χ4v) is 2.85. The van der Waals surface area contributed by atoms with Gasteiger partial charge in [-0.3, -0.25) is 9.69 Å². The number of aromatic nitrogens is 1. The first kappa shape index (κ1) is 17.3. The van der Waals surface area contributed by atoms with Crippen LogP contribution in [0, 0.1) is 6.92 Å². The number of hydrogen-bond acceptors (Lipinski definition) is 3. The highest BCUT2D eigenvalue weighted by Crippen LogP contribution is 2.18. The Labute approximate surface area is 138 Å². The molecule has 1 aromatic heterocycles. The summed E-state index contributed by atoms with van der Waals surface area (Å²) >= 11 is 0. The van der Waals surface area contributed by atoms with E-state index in [9.17, 15) is 9.90 Å². The van der Waals surface area contributed by atoms with Gasteiger partial charge >= 0.3 is 0 Å². The largest absolute Gasteiger partial charge is 0.503 e. The average molecular weight is 314 g/mol. The van der Waals surface area contributed by atoms with E-state index in [-0.39, 0.29) is 11.2 Å². The minimum absolute atomic E-state index is 0.115. The molecule has 0 saturated heterocycles. The molecular weight excluding hydrogens is 288 g/mol. The molecule has 23 heavy (non-hydrogen) atoms. The SMILES string of the molecule is CCCn1c(C)cc(=O)c(O)c1CN(CC)Cc1ccccc1. The first-order chi connectivity index (χ1) is 11.1. The fourth-order valence-electron chi connectivity index (χ4n) is 2.85. The monoisotopic (exact) mass is 314 g/mol. The molecule has 0 aliphatic carbocycles. The number of hydrogen-bond donors (Lipinski definition) is 1. The van der Waals surface area contributed by atoms with Gasteiger partial charge in [0.25, 0.3) is 0 Å². The van der Waals surface area contributed by atoms with Crippen molar-refractivity contribution in [1.82, 2.24) is 9.47 Å². The normalized spacial score (nSPS) is 11.1. The summed E-state index contributed by atoms with van der Waals surface area (Å²) in [7, 11) is 0. The molecule has 0 aliphatic heterocycles. The van der Waals surface area contributed by atoms with E-state index in [4.69, 9.17) is 0 Å². The van der Waals surface area contributed by atoms with Crippen molar-refractivity contribution in [3.8, 4) is 5.75 Å². The number of pyridine rings is 1. The maximum absolute atomic E-state index is 12.0. The standard InChI is InChI=1S/C19H26N2O2/c1-4-11-21-15(3)12-18(22)19(23)17(21)14-20(5-2)13-16-9-7-6-8-10-16/h6-10,12,23H,4-5,11,13-14H2,1-3H3. The van der Waals surface area contributed by atoms with Gasteiger partial charge in [0.05, 0.1) is 5.69 Å². The number of nitrogens with zero attached hydrogens (tertiary/aromatic N) is 2. The first-order valence-electron chi connectivity index (χ1n) is 8.25. The molecule has 1 heterocycles. The predicted octanol–water partition coefficient (Wildman–Crippen LogP) is 3.29. The Kier molecular flexibility index (Phi) is 5.99. The van der Waals surface area contributed by atoms with Gasteiger partial charge in [-0.2, -0.15) is 0 Å². The predicted molar refractivity (Wildman–Crippen MR) is 93.6 cm³/mol. The number of aromatic hydroxyl groups is 1. The molecule has 0 bridgehead atoms. The molecule has 1 aromatic carbocycles. The van der Waals surface area contributed by atoms with Crippen LogP contribution in [0.1, 0.15) is 37.2 Å². The molecule has 4 nitrogen and oxygen atoms in total. The minimum Gasteiger partial charge on any atom is -0.503 e. The third-order valence-electron chi connectivity index (χ3n) is 4.12. The number of aryl methyl sites for hydroxylation is 1. The molecular formula is C19H26N2O2. The molecule has 0 spiro atoms. The molecule has 2 aromatic rings. The van der Waals surface area contributed by atoms with Crippen LogP contribution in [0.25, 0.3) is 0 Å². The molecule has 0 atom stereocenters. The van der Waals surface area contributed by atoms with Gasteiger partial charge in [0.15, 0.2) is 5.75 Å². The van der Waals surface area contributed by atoms with Gasteiger partial charge in [-0.1, -0.05) is 44.2 Å². The van der Waals surface area contributed by atoms with Crippen molar-refractivity contribution < 1.29 is 5.11 Å². The van der Waals surface area contributed by atoms with E-state index in [0.29, 0.717) is 6.54 Å². The Morgan fingerprint density at radius 1 is 1.13 bits per heavy atom. The Bertz CT molecular complexity index is 693. The Balaban J connectivity index is 2.31. The van der Waals surface area contributed by atoms with Crippen LogP contribution >= 0.6 is 0 Å². The van der Waals surface area contributed by atoms with E-state index in [0.717, 1.165) is 37.4 Å². The van der Waals surface area contributed by atoms with Gasteiger partial charge in [-0.25, -0.2) is 0 Å². The molecule has 0 aliphatic rings. The molecule has 0 saturated carbocycles. The zero-order chi connectivity index (χ0) is 16.8. The van der Waals surface area contributed by atoms with Crippen LogP contribution in [0.15, 0.2) is 41.2 Å². The zero-order valence-electron chi connectivity index (χ0n) is 14.2. The van der Waals surface area contributed by atoms with Crippen LogP contribution in [-0.2, 0) is 19.6 Å². The van der Waals surface area contributed by atoms with Crippen LogP contribution in [0.5, 0.6) is 5.75 Å². The highest BCUT2D eigenvalue weighted by atomic mass is 16.3. The Morgan fingerprint density at radius 2 is 1.83 bits per heavy atom. The summed E-state index contributed by atoms with van der Waals surface area (Å²) in [6, 6.07) is 11.8. The number of benzene rings is 1. The summed E-state index contributed by atoms with van der Waals surface area (Å²) in [6.45, 7) is 9.13. The molecule has 0 amide bonds. The lowest BCUT2D eigenvalue weighted by Gasteiger charge is -2.24. The highest BCUT2D eigenvalue weighted by molar-refractivity contribution is 5.30. The third kappa shape index (κ3) is 4.23. The zero-order valence-corrected chi connectivity index (χ0v) is 14.2. The molecule has 0 unspecified atom stereocenters. The lowest BCUT2D eigenvalue weighted by Crippen LogP contribution is -2.27. The van der Waals surface area contributed by atoms with E-state index in [1.165, 1.54) is 11.6 Å². The smallest absolute Gasteiger partial charge is 0.223 e. The van der Waals surface area contributed by atoms with Gasteiger partial charge in [0, 0.05) is 31.4 Å². The molecule has 1 N–H and O–H groups in total. The second kappa shape index (κ2) is 7.97. The van der Waals surface area contributed by atoms with E-state index in [1.807, 2.05) is 25.1 Å². The second-order valence-corrected chi connectivity index (χ2v) is 5.89. The maximum atomic E-state index is 12.0. The van der Waals surface area contributed by atoms with Crippen molar-refractivity contribution in [1.29, 1.82) is 0 Å². The quantitative estimate of drug-likeness (QED) is 0.853. The summed E-state index contributed by atoms with van der Waals surface area (Å²) in [5, 5.41) is 10.3. The maximum Gasteiger partial charge on any atom is 0.223 e. The molecule has 2 rings (SSSR count). The molecule has 0 fully saturated rings. The van der Waals surface area contributed by atoms with Gasteiger partial charge in [-0.15, -0.1) is 0 Å². The van der Waals surface area contributed by atoms with Crippen LogP contribution < -0.4 is 5.43 Å². The topological polar surface area (TPSA) is 45.5 Å². The Morgan fingerprint density at radius 3 is 2.43 bits per heavy atom. The van der Waals surface area contributed by atoms with Crippen molar-refractivity contribution >= 4 is 0 Å². The van der Waals surface area contributed by atoms with Crippen LogP contribution in [0.4, 0.5) is 0 Å². The fraction of sp³-hybridized carbons (Fsp3) is 0.421. The molecule has 4 heteroatoms. The first-order valence-corrected chi connectivity index (χ1v) is 8.25. The van der Waals surface area contributed by atoms with Crippen LogP contribution in [0.3, 0.4) is 0 Å². The Hall–Kier alpha value is -2.07. The summed E-state index contributed by atoms with van der Waals surface area (Å²) in [5.41, 5.74) is 2.56. The van der Waals surface area contributed by atoms with Crippen LogP contribution in [0.2, 0.25) is 0 Å². The third-order valence-corrected chi connectivity index (χ3v) is 4.12. The summed E-state index contributed by atoms with van der Waals surface area (Å²) in [6.07, 6.45) is 0.959. The van der Waals surface area contributed by atoms with Gasteiger partial charge in [0.1, 0.15) is 0 Å². The van der Waals surface area contributed by atoms with Crippen molar-refractivity contribution in [2.24, 2.45) is 0 Å². The van der Waals surface area contributed by atoms with E-state index in [2.05, 4.69) is 35.4 Å². The molecule has 0 radical (unpaired) electrons. The van der Waals surface area contributed by atoms with Crippen molar-refractivity contribution in [2.75, 3.05) is 6.54 Å². The van der Waals surface area contributed by atoms with E-state index >= 15 is 0 Å². The summed E-state index contributed by atoms with van der Waals surface area (Å²) in [5.74, 6) is -0.115. The van der Waals surface area contributed by atoms with Gasteiger partial charge in [0.2, 0.25) is 5.43 Å². The van der Waals surface area contributed by atoms with Crippen LogP contribution in [-0.4, -0.2) is 21.1 Å². The second-order valence-electron chi connectivity index (χ2n) is 5.89. The van der Waals surface area contributed by atoms with Crippen molar-refractivity contribution in [3.63, 3.8) is 0 Å². The van der Waals surface area contributed by atoms with E-state index < -0.39 is 0 Å². The lowest BCUT2D eigenvalue weighted by atomic mass is 10.2. The summed E-state index contributed by atoms with van der Waals surface area (Å²) in [4.78, 5) is 14.2.